The summed E-state index contributed by atoms with van der Waals surface area (Å²) in [5, 5.41) is 8.53. The predicted octanol–water partition coefficient (Wildman–Crippen LogP) is 1.70. The molecule has 1 atom stereocenters. The van der Waals surface area contributed by atoms with E-state index in [0.717, 1.165) is 23.2 Å². The normalized spacial score (nSPS) is 16.1. The largest absolute Gasteiger partial charge is 0.392 e. The van der Waals surface area contributed by atoms with E-state index >= 15 is 0 Å². The molecule has 1 aromatic rings. The van der Waals surface area contributed by atoms with Gasteiger partial charge in [-0.1, -0.05) is 12.1 Å². The highest BCUT2D eigenvalue weighted by atomic mass is 35.5. The molecule has 0 aliphatic carbocycles. The van der Waals surface area contributed by atoms with Gasteiger partial charge in [-0.05, 0) is 30.5 Å². The number of carbonyl (C=O) groups excluding carboxylic acids is 1. The molecule has 1 aliphatic heterocycles. The van der Waals surface area contributed by atoms with Crippen molar-refractivity contribution >= 4 is 23.2 Å². The number of carbonyl (C=O) groups is 1. The van der Waals surface area contributed by atoms with Crippen molar-refractivity contribution in [1.29, 1.82) is 0 Å². The fraction of sp³-hybridized carbons (Fsp3) is 0.417. The van der Waals surface area contributed by atoms with E-state index in [4.69, 9.17) is 16.7 Å². The molecule has 0 spiro atoms. The van der Waals surface area contributed by atoms with Crippen molar-refractivity contribution in [2.24, 2.45) is 0 Å². The molecule has 0 saturated heterocycles. The van der Waals surface area contributed by atoms with Crippen LogP contribution in [0.5, 0.6) is 0 Å². The van der Waals surface area contributed by atoms with E-state index in [-0.39, 0.29) is 12.5 Å². The number of aliphatic hydroxyl groups excluding tert-OH is 1. The lowest BCUT2D eigenvalue weighted by Crippen LogP contribution is -2.34. The molecule has 4 heteroatoms. The molecule has 0 radical (unpaired) electrons. The number of hydrogen-bond acceptors (Lipinski definition) is 2. The van der Waals surface area contributed by atoms with Gasteiger partial charge in [0.25, 0.3) is 0 Å². The summed E-state index contributed by atoms with van der Waals surface area (Å²) in [6, 6.07) is 5.66. The van der Waals surface area contributed by atoms with Gasteiger partial charge in [0.1, 0.15) is 5.38 Å². The van der Waals surface area contributed by atoms with Crippen LogP contribution in [0, 0.1) is 0 Å². The number of aliphatic hydroxyl groups is 1. The number of anilines is 1. The number of halogens is 1. The quantitative estimate of drug-likeness (QED) is 0.798. The van der Waals surface area contributed by atoms with E-state index in [0.29, 0.717) is 6.54 Å². The minimum absolute atomic E-state index is 0.0349. The third kappa shape index (κ3) is 1.93. The van der Waals surface area contributed by atoms with Gasteiger partial charge in [-0.2, -0.15) is 0 Å². The summed E-state index contributed by atoms with van der Waals surface area (Å²) >= 11 is 5.80. The van der Waals surface area contributed by atoms with Crippen LogP contribution in [0.15, 0.2) is 18.2 Å². The predicted molar refractivity (Wildman–Crippen MR) is 63.7 cm³/mol. The van der Waals surface area contributed by atoms with Gasteiger partial charge < -0.3 is 10.0 Å². The number of benzene rings is 1. The van der Waals surface area contributed by atoms with E-state index in [1.54, 1.807) is 11.8 Å². The first kappa shape index (κ1) is 11.4. The molecule has 1 unspecified atom stereocenters. The van der Waals surface area contributed by atoms with Crippen molar-refractivity contribution in [2.45, 2.75) is 25.3 Å². The summed E-state index contributed by atoms with van der Waals surface area (Å²) < 4.78 is 0. The van der Waals surface area contributed by atoms with Crippen LogP contribution in [0.2, 0.25) is 0 Å². The topological polar surface area (TPSA) is 40.5 Å². The van der Waals surface area contributed by atoms with Gasteiger partial charge in [0.05, 0.1) is 6.61 Å². The molecule has 1 N–H and O–H groups in total. The Morgan fingerprint density at radius 1 is 1.62 bits per heavy atom. The van der Waals surface area contributed by atoms with Gasteiger partial charge in [-0.25, -0.2) is 0 Å². The van der Waals surface area contributed by atoms with Gasteiger partial charge in [0.2, 0.25) is 5.91 Å². The number of hydrogen-bond donors (Lipinski definition) is 1. The summed E-state index contributed by atoms with van der Waals surface area (Å²) in [5.41, 5.74) is 2.92. The third-order valence-corrected chi connectivity index (χ3v) is 3.02. The average molecular weight is 240 g/mol. The molecular weight excluding hydrogens is 226 g/mol. The van der Waals surface area contributed by atoms with Gasteiger partial charge in [0, 0.05) is 12.2 Å². The number of nitrogens with zero attached hydrogens (tertiary/aromatic N) is 1. The molecule has 86 valence electrons. The molecule has 0 aromatic heterocycles. The maximum Gasteiger partial charge on any atom is 0.244 e. The lowest BCUT2D eigenvalue weighted by atomic mass is 10.1. The molecule has 16 heavy (non-hydrogen) atoms. The number of fused-ring (bicyclic) bond motifs is 1. The number of amides is 1. The maximum atomic E-state index is 11.8. The zero-order valence-electron chi connectivity index (χ0n) is 9.11. The Morgan fingerprint density at radius 3 is 3.00 bits per heavy atom. The summed E-state index contributed by atoms with van der Waals surface area (Å²) in [6.45, 7) is 2.40. The second-order valence-electron chi connectivity index (χ2n) is 3.98. The Hall–Kier alpha value is -1.06. The van der Waals surface area contributed by atoms with Crippen molar-refractivity contribution < 1.29 is 9.90 Å². The highest BCUT2D eigenvalue weighted by molar-refractivity contribution is 6.32. The Balaban J connectivity index is 2.30. The summed E-state index contributed by atoms with van der Waals surface area (Å²) in [5.74, 6) is -0.0582. The van der Waals surface area contributed by atoms with Gasteiger partial charge in [0.15, 0.2) is 0 Å². The second-order valence-corrected chi connectivity index (χ2v) is 4.63. The highest BCUT2D eigenvalue weighted by Crippen LogP contribution is 2.29. The fourth-order valence-electron chi connectivity index (χ4n) is 2.00. The lowest BCUT2D eigenvalue weighted by Gasteiger charge is -2.18. The van der Waals surface area contributed by atoms with Crippen molar-refractivity contribution in [3.63, 3.8) is 0 Å². The average Bonchev–Trinajstić information content (AvgIpc) is 2.70. The first-order valence-electron chi connectivity index (χ1n) is 5.31. The van der Waals surface area contributed by atoms with E-state index in [1.807, 2.05) is 18.2 Å². The molecular formula is C12H14ClNO2. The van der Waals surface area contributed by atoms with Crippen LogP contribution in [0.3, 0.4) is 0 Å². The van der Waals surface area contributed by atoms with Crippen molar-refractivity contribution in [3.05, 3.63) is 29.3 Å². The van der Waals surface area contributed by atoms with E-state index in [2.05, 4.69) is 0 Å². The minimum Gasteiger partial charge on any atom is -0.392 e. The maximum absolute atomic E-state index is 11.8. The fourth-order valence-corrected chi connectivity index (χ4v) is 2.11. The zero-order chi connectivity index (χ0) is 11.7. The molecule has 0 saturated carbocycles. The molecule has 2 rings (SSSR count). The van der Waals surface area contributed by atoms with Crippen LogP contribution in [-0.4, -0.2) is 22.9 Å². The SMILES string of the molecule is CC(Cl)C(=O)N1CCc2cc(CO)ccc21. The summed E-state index contributed by atoms with van der Waals surface area (Å²) in [7, 11) is 0. The van der Waals surface area contributed by atoms with Crippen LogP contribution < -0.4 is 4.90 Å². The van der Waals surface area contributed by atoms with Gasteiger partial charge in [-0.15, -0.1) is 11.6 Å². The molecule has 1 aliphatic rings. The van der Waals surface area contributed by atoms with E-state index in [1.165, 1.54) is 0 Å². The van der Waals surface area contributed by atoms with E-state index in [9.17, 15) is 4.79 Å². The lowest BCUT2D eigenvalue weighted by molar-refractivity contribution is -0.117. The standard InChI is InChI=1S/C12H14ClNO2/c1-8(13)12(16)14-5-4-10-6-9(7-15)2-3-11(10)14/h2-3,6,8,15H,4-5,7H2,1H3. The van der Waals surface area contributed by atoms with Crippen LogP contribution in [-0.2, 0) is 17.8 Å². The van der Waals surface area contributed by atoms with Crippen molar-refractivity contribution in [3.8, 4) is 0 Å². The van der Waals surface area contributed by atoms with Gasteiger partial charge >= 0.3 is 0 Å². The highest BCUT2D eigenvalue weighted by Gasteiger charge is 2.26. The summed E-state index contributed by atoms with van der Waals surface area (Å²) in [4.78, 5) is 13.5. The Kier molecular flexibility index (Phi) is 3.17. The minimum atomic E-state index is -0.497. The first-order chi connectivity index (χ1) is 7.63. The van der Waals surface area contributed by atoms with Crippen LogP contribution in [0.25, 0.3) is 0 Å². The molecule has 0 fully saturated rings. The summed E-state index contributed by atoms with van der Waals surface area (Å²) in [6.07, 6.45) is 0.832. The molecule has 1 heterocycles. The smallest absolute Gasteiger partial charge is 0.244 e. The zero-order valence-corrected chi connectivity index (χ0v) is 9.87. The van der Waals surface area contributed by atoms with Crippen molar-refractivity contribution in [2.75, 3.05) is 11.4 Å². The van der Waals surface area contributed by atoms with Gasteiger partial charge in [-0.3, -0.25) is 4.79 Å². The molecule has 1 aromatic carbocycles. The van der Waals surface area contributed by atoms with Crippen LogP contribution in [0.4, 0.5) is 5.69 Å². The Labute approximate surface area is 99.6 Å². The number of alkyl halides is 1. The van der Waals surface area contributed by atoms with Crippen LogP contribution in [0.1, 0.15) is 18.1 Å². The third-order valence-electron chi connectivity index (χ3n) is 2.83. The first-order valence-corrected chi connectivity index (χ1v) is 5.75. The molecule has 3 nitrogen and oxygen atoms in total. The second kappa shape index (κ2) is 4.44. The van der Waals surface area contributed by atoms with E-state index < -0.39 is 5.38 Å². The van der Waals surface area contributed by atoms with Crippen LogP contribution >= 0.6 is 11.6 Å². The Bertz CT molecular complexity index is 417. The van der Waals surface area contributed by atoms with Crippen molar-refractivity contribution in [1.82, 2.24) is 0 Å². The number of rotatable bonds is 2. The molecule has 0 bridgehead atoms. The Morgan fingerprint density at radius 2 is 2.38 bits per heavy atom. The monoisotopic (exact) mass is 239 g/mol. The molecule has 1 amide bonds.